The maximum absolute atomic E-state index is 11.8. The summed E-state index contributed by atoms with van der Waals surface area (Å²) in [6, 6.07) is 0. The van der Waals surface area contributed by atoms with Crippen LogP contribution in [-0.4, -0.2) is 41.6 Å². The van der Waals surface area contributed by atoms with Gasteiger partial charge in [-0.2, -0.15) is 0 Å². The largest absolute Gasteiger partial charge is 0.508 e. The molecule has 1 aliphatic carbocycles. The van der Waals surface area contributed by atoms with Gasteiger partial charge in [-0.1, -0.05) is 78.2 Å². The molecule has 0 aromatic carbocycles. The third-order valence-corrected chi connectivity index (χ3v) is 7.44. The van der Waals surface area contributed by atoms with E-state index in [1.54, 1.807) is 0 Å². The first kappa shape index (κ1) is 27.0. The van der Waals surface area contributed by atoms with E-state index in [9.17, 15) is 9.90 Å². The summed E-state index contributed by atoms with van der Waals surface area (Å²) < 4.78 is 12.1. The maximum atomic E-state index is 11.8. The van der Waals surface area contributed by atoms with Crippen molar-refractivity contribution in [2.75, 3.05) is 19.7 Å². The molecule has 1 N–H and O–H groups in total. The van der Waals surface area contributed by atoms with Crippen LogP contribution in [-0.2, 0) is 9.47 Å². The average Bonchev–Trinajstić information content (AvgIpc) is 2.72. The Morgan fingerprint density at radius 2 is 1.50 bits per heavy atom. The number of piperidine rings is 1. The van der Waals surface area contributed by atoms with Crippen molar-refractivity contribution in [1.29, 1.82) is 0 Å². The van der Waals surface area contributed by atoms with Crippen molar-refractivity contribution in [1.82, 2.24) is 4.90 Å². The van der Waals surface area contributed by atoms with Gasteiger partial charge in [0.05, 0.1) is 12.0 Å². The van der Waals surface area contributed by atoms with E-state index in [1.165, 1.54) is 69.9 Å². The van der Waals surface area contributed by atoms with Gasteiger partial charge >= 0.3 is 6.16 Å². The summed E-state index contributed by atoms with van der Waals surface area (Å²) in [7, 11) is 0. The molecule has 0 spiro atoms. The number of ether oxygens (including phenoxy) is 2. The normalized spacial score (nSPS) is 24.8. The van der Waals surface area contributed by atoms with Crippen molar-refractivity contribution < 1.29 is 19.4 Å². The monoisotopic (exact) mass is 451 g/mol. The minimum absolute atomic E-state index is 0.463. The fourth-order valence-electron chi connectivity index (χ4n) is 5.82. The van der Waals surface area contributed by atoms with Crippen LogP contribution in [0.2, 0.25) is 0 Å². The number of unbranched alkanes of at least 4 members (excludes halogenated alkanes) is 8. The molecule has 1 heterocycles. The highest BCUT2D eigenvalue weighted by Crippen LogP contribution is 2.56. The number of likely N-dealkylation sites (tertiary alicyclic amines) is 1. The second-order valence-electron chi connectivity index (χ2n) is 11.1. The van der Waals surface area contributed by atoms with Crippen molar-refractivity contribution in [2.45, 2.75) is 124 Å². The van der Waals surface area contributed by atoms with Crippen molar-refractivity contribution in [3.8, 4) is 0 Å². The topological polar surface area (TPSA) is 59.0 Å². The van der Waals surface area contributed by atoms with E-state index in [-0.39, 0.29) is 0 Å². The summed E-state index contributed by atoms with van der Waals surface area (Å²) in [5.41, 5.74) is 0.297. The Morgan fingerprint density at radius 3 is 2.03 bits per heavy atom. The molecule has 0 aromatic rings. The zero-order valence-electron chi connectivity index (χ0n) is 21.5. The van der Waals surface area contributed by atoms with E-state index < -0.39 is 22.8 Å². The quantitative estimate of drug-likeness (QED) is 0.176. The van der Waals surface area contributed by atoms with Gasteiger partial charge in [-0.3, -0.25) is 0 Å². The average molecular weight is 452 g/mol. The lowest BCUT2D eigenvalue weighted by molar-refractivity contribution is -0.316. The van der Waals surface area contributed by atoms with E-state index in [0.717, 1.165) is 32.4 Å². The van der Waals surface area contributed by atoms with Gasteiger partial charge in [0, 0.05) is 24.2 Å². The molecule has 1 fully saturated rings. The zero-order valence-corrected chi connectivity index (χ0v) is 21.5. The lowest BCUT2D eigenvalue weighted by atomic mass is 9.62. The molecule has 0 aromatic heterocycles. The summed E-state index contributed by atoms with van der Waals surface area (Å²) in [6.07, 6.45) is 16.7. The highest BCUT2D eigenvalue weighted by molar-refractivity contribution is 5.58. The second kappa shape index (κ2) is 12.3. The van der Waals surface area contributed by atoms with Crippen LogP contribution in [0.5, 0.6) is 0 Å². The molecule has 0 amide bonds. The number of rotatable bonds is 13. The smallest absolute Gasteiger partial charge is 0.450 e. The first-order valence-electron chi connectivity index (χ1n) is 13.2. The van der Waals surface area contributed by atoms with E-state index in [4.69, 9.17) is 9.47 Å². The highest BCUT2D eigenvalue weighted by Gasteiger charge is 2.62. The highest BCUT2D eigenvalue weighted by atomic mass is 16.8. The molecular formula is C27H49NO4. The molecule has 186 valence electrons. The van der Waals surface area contributed by atoms with Gasteiger partial charge in [-0.05, 0) is 46.0 Å². The Balaban J connectivity index is 1.99. The van der Waals surface area contributed by atoms with Gasteiger partial charge in [0.25, 0.3) is 0 Å². The predicted molar refractivity (Wildman–Crippen MR) is 131 cm³/mol. The van der Waals surface area contributed by atoms with E-state index >= 15 is 0 Å². The van der Waals surface area contributed by atoms with Crippen molar-refractivity contribution in [3.05, 3.63) is 11.8 Å². The number of nitrogens with zero attached hydrogens (tertiary/aromatic N) is 1. The summed E-state index contributed by atoms with van der Waals surface area (Å²) in [5.74, 6) is -1.19. The third-order valence-electron chi connectivity index (χ3n) is 7.44. The molecule has 1 aliphatic heterocycles. The van der Waals surface area contributed by atoms with Crippen LogP contribution in [0.15, 0.2) is 11.8 Å². The first-order chi connectivity index (χ1) is 15.2. The van der Waals surface area contributed by atoms with E-state index in [1.807, 2.05) is 0 Å². The summed E-state index contributed by atoms with van der Waals surface area (Å²) in [5, 5.41) is 9.64. The SMILES string of the molecule is CCCCCCCCCCCOC1(OC(=O)O)C(C)(C)C=C(N2CCCCC2)CC1(C)C. The molecule has 0 saturated carbocycles. The van der Waals surface area contributed by atoms with Crippen LogP contribution in [0.1, 0.15) is 118 Å². The fourth-order valence-corrected chi connectivity index (χ4v) is 5.82. The second-order valence-corrected chi connectivity index (χ2v) is 11.1. The number of hydrogen-bond donors (Lipinski definition) is 1. The number of hydrogen-bond acceptors (Lipinski definition) is 4. The minimum Gasteiger partial charge on any atom is -0.450 e. The first-order valence-corrected chi connectivity index (χ1v) is 13.2. The zero-order chi connectivity index (χ0) is 23.7. The molecule has 2 rings (SSSR count). The molecule has 0 bridgehead atoms. The van der Waals surface area contributed by atoms with Gasteiger partial charge < -0.3 is 19.5 Å². The lowest BCUT2D eigenvalue weighted by Crippen LogP contribution is -2.62. The molecule has 2 aliphatic rings. The molecule has 1 unspecified atom stereocenters. The number of allylic oxidation sites excluding steroid dienone is 1. The molecule has 5 heteroatoms. The predicted octanol–water partition coefficient (Wildman–Crippen LogP) is 7.75. The summed E-state index contributed by atoms with van der Waals surface area (Å²) in [6.45, 7) is 13.3. The standard InChI is InChI=1S/C27H49NO4/c1-6-7-8-9-10-11-12-13-17-20-31-27(32-24(29)30)25(2,3)21-23(22-26(27,4)5)28-18-15-14-16-19-28/h21H,6-20,22H2,1-5H3,(H,29,30). The van der Waals surface area contributed by atoms with Crippen molar-refractivity contribution in [3.63, 3.8) is 0 Å². The summed E-state index contributed by atoms with van der Waals surface area (Å²) >= 11 is 0. The Kier molecular flexibility index (Phi) is 10.4. The van der Waals surface area contributed by atoms with Crippen LogP contribution < -0.4 is 0 Å². The molecule has 1 atom stereocenters. The Bertz CT molecular complexity index is 607. The third kappa shape index (κ3) is 6.88. The van der Waals surface area contributed by atoms with Gasteiger partial charge in [-0.15, -0.1) is 0 Å². The Hall–Kier alpha value is -1.23. The maximum Gasteiger partial charge on any atom is 0.508 e. The number of carbonyl (C=O) groups is 1. The lowest BCUT2D eigenvalue weighted by Gasteiger charge is -2.56. The van der Waals surface area contributed by atoms with Gasteiger partial charge in [0.15, 0.2) is 0 Å². The van der Waals surface area contributed by atoms with Gasteiger partial charge in [-0.25, -0.2) is 4.79 Å². The minimum atomic E-state index is -1.26. The van der Waals surface area contributed by atoms with Crippen LogP contribution in [0.3, 0.4) is 0 Å². The molecule has 0 radical (unpaired) electrons. The van der Waals surface area contributed by atoms with E-state index in [0.29, 0.717) is 6.61 Å². The molecule has 32 heavy (non-hydrogen) atoms. The van der Waals surface area contributed by atoms with Gasteiger partial charge in [0.1, 0.15) is 0 Å². The molecule has 1 saturated heterocycles. The van der Waals surface area contributed by atoms with Crippen LogP contribution in [0.4, 0.5) is 4.79 Å². The Labute approximate surface area is 196 Å². The van der Waals surface area contributed by atoms with Crippen molar-refractivity contribution >= 4 is 6.16 Å². The molecular weight excluding hydrogens is 402 g/mol. The Morgan fingerprint density at radius 1 is 0.938 bits per heavy atom. The number of carboxylic acid groups (broad SMARTS) is 1. The van der Waals surface area contributed by atoms with Crippen LogP contribution >= 0.6 is 0 Å². The van der Waals surface area contributed by atoms with Crippen LogP contribution in [0.25, 0.3) is 0 Å². The van der Waals surface area contributed by atoms with E-state index in [2.05, 4.69) is 45.6 Å². The molecule has 5 nitrogen and oxygen atoms in total. The van der Waals surface area contributed by atoms with Crippen LogP contribution in [0, 0.1) is 10.8 Å². The van der Waals surface area contributed by atoms with Crippen molar-refractivity contribution in [2.24, 2.45) is 10.8 Å². The fraction of sp³-hybridized carbons (Fsp3) is 0.889. The van der Waals surface area contributed by atoms with Gasteiger partial charge in [0.2, 0.25) is 5.79 Å². The summed E-state index contributed by atoms with van der Waals surface area (Å²) in [4.78, 5) is 14.3.